The van der Waals surface area contributed by atoms with Crippen LogP contribution in [0.1, 0.15) is 16.0 Å². The molecule has 7 heteroatoms. The van der Waals surface area contributed by atoms with Crippen molar-refractivity contribution in [3.05, 3.63) is 74.7 Å². The molecule has 0 atom stereocenters. The summed E-state index contributed by atoms with van der Waals surface area (Å²) in [6.07, 6.45) is 2.31. The number of carbonyl (C=O) groups is 1. The first-order valence-electron chi connectivity index (χ1n) is 8.00. The van der Waals surface area contributed by atoms with Crippen molar-refractivity contribution >= 4 is 51.3 Å². The fraction of sp³-hybridized carbons (Fsp3) is 0.158. The van der Waals surface area contributed by atoms with Gasteiger partial charge in [0, 0.05) is 33.2 Å². The number of rotatable bonds is 6. The van der Waals surface area contributed by atoms with Crippen LogP contribution in [-0.2, 0) is 11.2 Å². The van der Waals surface area contributed by atoms with Crippen LogP contribution in [0.4, 0.5) is 10.8 Å². The number of hydrogen-bond acceptors (Lipinski definition) is 4. The standard InChI is InChI=1S/C19H17Cl2N3OS/c1-12-5-2-3-8-17(12)22-11-18(25)24-19-23-10-13(26-19)9-14-15(20)6-4-7-16(14)21/h2-8,10,22H,9,11H2,1H3,(H,23,24,25). The van der Waals surface area contributed by atoms with Gasteiger partial charge < -0.3 is 10.6 Å². The molecule has 0 fully saturated rings. The van der Waals surface area contributed by atoms with Crippen molar-refractivity contribution < 1.29 is 4.79 Å². The minimum Gasteiger partial charge on any atom is -0.376 e. The van der Waals surface area contributed by atoms with Gasteiger partial charge in [0.1, 0.15) is 0 Å². The Morgan fingerprint density at radius 3 is 2.58 bits per heavy atom. The van der Waals surface area contributed by atoms with Crippen LogP contribution in [0.15, 0.2) is 48.7 Å². The molecule has 1 heterocycles. The second kappa shape index (κ2) is 8.54. The van der Waals surface area contributed by atoms with Crippen LogP contribution in [0.2, 0.25) is 10.0 Å². The number of para-hydroxylation sites is 1. The lowest BCUT2D eigenvalue weighted by Crippen LogP contribution is -2.21. The molecule has 0 saturated heterocycles. The zero-order valence-corrected chi connectivity index (χ0v) is 16.4. The Bertz CT molecular complexity index is 906. The third kappa shape index (κ3) is 4.75. The highest BCUT2D eigenvalue weighted by Crippen LogP contribution is 2.29. The average molecular weight is 406 g/mol. The molecule has 3 rings (SSSR count). The topological polar surface area (TPSA) is 54.0 Å². The first-order valence-corrected chi connectivity index (χ1v) is 9.57. The van der Waals surface area contributed by atoms with Gasteiger partial charge in [0.2, 0.25) is 5.91 Å². The number of aryl methyl sites for hydroxylation is 1. The first-order chi connectivity index (χ1) is 12.5. The minimum atomic E-state index is -0.148. The first kappa shape index (κ1) is 18.7. The van der Waals surface area contributed by atoms with Crippen molar-refractivity contribution in [3.63, 3.8) is 0 Å². The molecule has 2 N–H and O–H groups in total. The number of carbonyl (C=O) groups excluding carboxylic acids is 1. The van der Waals surface area contributed by atoms with E-state index in [9.17, 15) is 4.79 Å². The largest absolute Gasteiger partial charge is 0.376 e. The lowest BCUT2D eigenvalue weighted by atomic mass is 10.1. The molecule has 3 aromatic rings. The van der Waals surface area contributed by atoms with Crippen molar-refractivity contribution in [2.45, 2.75) is 13.3 Å². The fourth-order valence-electron chi connectivity index (χ4n) is 2.43. The molecule has 2 aromatic carbocycles. The average Bonchev–Trinajstić information content (AvgIpc) is 3.04. The predicted octanol–water partition coefficient (Wildman–Crippen LogP) is 5.40. The number of aromatic nitrogens is 1. The summed E-state index contributed by atoms with van der Waals surface area (Å²) in [4.78, 5) is 17.4. The summed E-state index contributed by atoms with van der Waals surface area (Å²) in [5, 5.41) is 7.73. The summed E-state index contributed by atoms with van der Waals surface area (Å²) >= 11 is 13.8. The van der Waals surface area contributed by atoms with Gasteiger partial charge in [-0.15, -0.1) is 11.3 Å². The maximum absolute atomic E-state index is 12.1. The molecule has 0 radical (unpaired) electrons. The second-order valence-electron chi connectivity index (χ2n) is 5.73. The monoisotopic (exact) mass is 405 g/mol. The third-order valence-corrected chi connectivity index (χ3v) is 5.42. The van der Waals surface area contributed by atoms with Crippen molar-refractivity contribution in [2.75, 3.05) is 17.2 Å². The number of nitrogens with zero attached hydrogens (tertiary/aromatic N) is 1. The van der Waals surface area contributed by atoms with Gasteiger partial charge in [-0.05, 0) is 36.2 Å². The van der Waals surface area contributed by atoms with E-state index in [0.29, 0.717) is 21.6 Å². The molecule has 0 aliphatic heterocycles. The van der Waals surface area contributed by atoms with E-state index in [1.54, 1.807) is 6.20 Å². The highest BCUT2D eigenvalue weighted by Gasteiger charge is 2.11. The normalized spacial score (nSPS) is 10.6. The zero-order valence-electron chi connectivity index (χ0n) is 14.1. The second-order valence-corrected chi connectivity index (χ2v) is 7.65. The molecule has 134 valence electrons. The van der Waals surface area contributed by atoms with Crippen molar-refractivity contribution in [1.82, 2.24) is 4.98 Å². The van der Waals surface area contributed by atoms with Gasteiger partial charge in [0.05, 0.1) is 6.54 Å². The van der Waals surface area contributed by atoms with Crippen LogP contribution in [-0.4, -0.2) is 17.4 Å². The van der Waals surface area contributed by atoms with E-state index in [0.717, 1.165) is 21.7 Å². The molecule has 0 aliphatic carbocycles. The smallest absolute Gasteiger partial charge is 0.245 e. The molecule has 0 bridgehead atoms. The van der Waals surface area contributed by atoms with Crippen LogP contribution in [0.5, 0.6) is 0 Å². The Kier molecular flexibility index (Phi) is 6.14. The van der Waals surface area contributed by atoms with E-state index < -0.39 is 0 Å². The van der Waals surface area contributed by atoms with Crippen molar-refractivity contribution in [2.24, 2.45) is 0 Å². The summed E-state index contributed by atoms with van der Waals surface area (Å²) in [6.45, 7) is 2.17. The van der Waals surface area contributed by atoms with Gasteiger partial charge in [-0.1, -0.05) is 47.5 Å². The zero-order chi connectivity index (χ0) is 18.5. The minimum absolute atomic E-state index is 0.148. The molecule has 4 nitrogen and oxygen atoms in total. The molecular formula is C19H17Cl2N3OS. The van der Waals surface area contributed by atoms with E-state index in [1.165, 1.54) is 11.3 Å². The van der Waals surface area contributed by atoms with Gasteiger partial charge in [0.25, 0.3) is 0 Å². The van der Waals surface area contributed by atoms with E-state index in [-0.39, 0.29) is 12.5 Å². The number of anilines is 2. The van der Waals surface area contributed by atoms with E-state index in [4.69, 9.17) is 23.2 Å². The van der Waals surface area contributed by atoms with Crippen LogP contribution >= 0.6 is 34.5 Å². The van der Waals surface area contributed by atoms with Crippen LogP contribution < -0.4 is 10.6 Å². The van der Waals surface area contributed by atoms with Gasteiger partial charge in [-0.25, -0.2) is 4.98 Å². The highest BCUT2D eigenvalue weighted by atomic mass is 35.5. The highest BCUT2D eigenvalue weighted by molar-refractivity contribution is 7.15. The third-order valence-electron chi connectivity index (χ3n) is 3.80. The maximum Gasteiger partial charge on any atom is 0.245 e. The molecule has 0 aliphatic rings. The van der Waals surface area contributed by atoms with E-state index in [1.807, 2.05) is 49.4 Å². The van der Waals surface area contributed by atoms with Gasteiger partial charge in [0.15, 0.2) is 5.13 Å². The van der Waals surface area contributed by atoms with Gasteiger partial charge in [-0.2, -0.15) is 0 Å². The Morgan fingerprint density at radius 2 is 1.85 bits per heavy atom. The number of nitrogens with one attached hydrogen (secondary N) is 2. The Hall–Kier alpha value is -2.08. The molecule has 1 aromatic heterocycles. The summed E-state index contributed by atoms with van der Waals surface area (Å²) in [7, 11) is 0. The number of halogens is 2. The van der Waals surface area contributed by atoms with Crippen molar-refractivity contribution in [3.8, 4) is 0 Å². The van der Waals surface area contributed by atoms with Crippen molar-refractivity contribution in [1.29, 1.82) is 0 Å². The quantitative estimate of drug-likeness (QED) is 0.576. The van der Waals surface area contributed by atoms with Crippen LogP contribution in [0.3, 0.4) is 0 Å². The number of hydrogen-bond donors (Lipinski definition) is 2. The predicted molar refractivity (Wildman–Crippen MR) is 110 cm³/mol. The lowest BCUT2D eigenvalue weighted by Gasteiger charge is -2.08. The van der Waals surface area contributed by atoms with E-state index >= 15 is 0 Å². The fourth-order valence-corrected chi connectivity index (χ4v) is 3.80. The summed E-state index contributed by atoms with van der Waals surface area (Å²) in [5.41, 5.74) is 2.89. The van der Waals surface area contributed by atoms with E-state index in [2.05, 4.69) is 15.6 Å². The van der Waals surface area contributed by atoms with Gasteiger partial charge >= 0.3 is 0 Å². The number of thiazole rings is 1. The maximum atomic E-state index is 12.1. The molecule has 0 unspecified atom stereocenters. The Morgan fingerprint density at radius 1 is 1.12 bits per heavy atom. The number of benzene rings is 2. The summed E-state index contributed by atoms with van der Waals surface area (Å²) in [6, 6.07) is 13.3. The molecular weight excluding hydrogens is 389 g/mol. The summed E-state index contributed by atoms with van der Waals surface area (Å²) < 4.78 is 0. The lowest BCUT2D eigenvalue weighted by molar-refractivity contribution is -0.114. The molecule has 1 amide bonds. The number of amides is 1. The molecule has 0 saturated carbocycles. The van der Waals surface area contributed by atoms with Gasteiger partial charge in [-0.3, -0.25) is 4.79 Å². The molecule has 26 heavy (non-hydrogen) atoms. The van der Waals surface area contributed by atoms with Crippen LogP contribution in [0.25, 0.3) is 0 Å². The Balaban J connectivity index is 1.58. The van der Waals surface area contributed by atoms with Crippen LogP contribution in [0, 0.1) is 6.92 Å². The Labute approximate surface area is 166 Å². The SMILES string of the molecule is Cc1ccccc1NCC(=O)Nc1ncc(Cc2c(Cl)cccc2Cl)s1. The summed E-state index contributed by atoms with van der Waals surface area (Å²) in [5.74, 6) is -0.148. The molecule has 0 spiro atoms.